The molecule has 0 aliphatic carbocycles. The molecule has 0 atom stereocenters. The highest BCUT2D eigenvalue weighted by atomic mass is 35.5. The van der Waals surface area contributed by atoms with Gasteiger partial charge < -0.3 is 14.8 Å². The number of carbonyl (C=O) groups is 1. The minimum Gasteiger partial charge on any atom is -0.493 e. The van der Waals surface area contributed by atoms with Gasteiger partial charge in [-0.1, -0.05) is 35.9 Å². The third kappa shape index (κ3) is 5.18. The van der Waals surface area contributed by atoms with Crippen molar-refractivity contribution in [3.8, 4) is 23.3 Å². The Kier molecular flexibility index (Phi) is 7.54. The van der Waals surface area contributed by atoms with Gasteiger partial charge in [-0.3, -0.25) is 14.2 Å². The Bertz CT molecular complexity index is 1640. The fraction of sp³-hybridized carbons (Fsp3) is 0.0741. The Morgan fingerprint density at radius 3 is 2.36 bits per heavy atom. The maximum Gasteiger partial charge on any atom is 0.273 e. The van der Waals surface area contributed by atoms with E-state index < -0.39 is 5.91 Å². The van der Waals surface area contributed by atoms with Crippen LogP contribution in [0.2, 0.25) is 5.02 Å². The number of ether oxygens (including phenoxy) is 2. The van der Waals surface area contributed by atoms with Gasteiger partial charge in [0.15, 0.2) is 17.1 Å². The summed E-state index contributed by atoms with van der Waals surface area (Å²) in [6.45, 7) is 0. The lowest BCUT2D eigenvalue weighted by atomic mass is 10.2. The molecule has 0 radical (unpaired) electrons. The molecule has 0 aliphatic rings. The van der Waals surface area contributed by atoms with Gasteiger partial charge >= 0.3 is 0 Å². The van der Waals surface area contributed by atoms with Crippen molar-refractivity contribution in [2.24, 2.45) is 0 Å². The molecule has 1 aromatic heterocycles. The van der Waals surface area contributed by atoms with Gasteiger partial charge in [-0.2, -0.15) is 5.26 Å². The zero-order valence-electron chi connectivity index (χ0n) is 19.3. The molecule has 3 aromatic carbocycles. The van der Waals surface area contributed by atoms with Crippen molar-refractivity contribution >= 4 is 46.2 Å². The molecule has 0 bridgehead atoms. The third-order valence-electron chi connectivity index (χ3n) is 5.20. The van der Waals surface area contributed by atoms with E-state index in [0.717, 1.165) is 11.3 Å². The smallest absolute Gasteiger partial charge is 0.273 e. The van der Waals surface area contributed by atoms with Crippen LogP contribution >= 0.6 is 22.9 Å². The Labute approximate surface area is 215 Å². The largest absolute Gasteiger partial charge is 0.493 e. The van der Waals surface area contributed by atoms with Crippen LogP contribution in [0.4, 0.5) is 5.69 Å². The first kappa shape index (κ1) is 24.8. The van der Waals surface area contributed by atoms with Crippen molar-refractivity contribution in [2.75, 3.05) is 19.5 Å². The number of rotatable bonds is 6. The van der Waals surface area contributed by atoms with Crippen molar-refractivity contribution in [3.63, 3.8) is 0 Å². The predicted molar refractivity (Wildman–Crippen MR) is 141 cm³/mol. The van der Waals surface area contributed by atoms with Crippen molar-refractivity contribution in [2.45, 2.75) is 0 Å². The van der Waals surface area contributed by atoms with Gasteiger partial charge in [-0.15, -0.1) is 11.3 Å². The summed E-state index contributed by atoms with van der Waals surface area (Å²) in [5, 5.41) is 13.2. The quantitative estimate of drug-likeness (QED) is 0.421. The molecule has 1 amide bonds. The lowest BCUT2D eigenvalue weighted by molar-refractivity contribution is -0.111. The van der Waals surface area contributed by atoms with E-state index in [9.17, 15) is 14.9 Å². The molecule has 0 saturated carbocycles. The Hall–Kier alpha value is -4.32. The first-order valence-electron chi connectivity index (χ1n) is 10.7. The topological polar surface area (TPSA) is 93.4 Å². The number of thiazole rings is 1. The summed E-state index contributed by atoms with van der Waals surface area (Å²) in [4.78, 5) is 26.6. The molecular formula is C27H20ClN3O4S. The number of aromatic nitrogens is 1. The van der Waals surface area contributed by atoms with E-state index in [4.69, 9.17) is 21.1 Å². The Morgan fingerprint density at radius 2 is 1.72 bits per heavy atom. The minimum atomic E-state index is -0.636. The highest BCUT2D eigenvalue weighted by molar-refractivity contribution is 7.07. The summed E-state index contributed by atoms with van der Waals surface area (Å²) in [7, 11) is 3.07. The van der Waals surface area contributed by atoms with Crippen LogP contribution in [0.15, 0.2) is 77.6 Å². The predicted octanol–water partition coefficient (Wildman–Crippen LogP) is 3.71. The van der Waals surface area contributed by atoms with Gasteiger partial charge in [0.1, 0.15) is 10.7 Å². The number of methoxy groups -OCH3 is 2. The summed E-state index contributed by atoms with van der Waals surface area (Å²) in [6, 6.07) is 22.6. The van der Waals surface area contributed by atoms with Crippen LogP contribution < -0.4 is 29.5 Å². The number of amides is 1. The molecule has 0 fully saturated rings. The van der Waals surface area contributed by atoms with Gasteiger partial charge in [0.25, 0.3) is 11.5 Å². The first-order chi connectivity index (χ1) is 17.4. The highest BCUT2D eigenvalue weighted by Gasteiger charge is 2.17. The second kappa shape index (κ2) is 11.0. The summed E-state index contributed by atoms with van der Waals surface area (Å²) >= 11 is 6.97. The Morgan fingerprint density at radius 1 is 1.03 bits per heavy atom. The molecule has 36 heavy (non-hydrogen) atoms. The van der Waals surface area contributed by atoms with Crippen LogP contribution in [0.3, 0.4) is 0 Å². The maximum absolute atomic E-state index is 13.5. The van der Waals surface area contributed by atoms with Gasteiger partial charge in [0, 0.05) is 10.7 Å². The number of para-hydroxylation sites is 1. The lowest BCUT2D eigenvalue weighted by Gasteiger charge is -2.07. The second-order valence-corrected chi connectivity index (χ2v) is 8.92. The molecule has 7 nitrogen and oxygen atoms in total. The van der Waals surface area contributed by atoms with E-state index in [1.165, 1.54) is 11.7 Å². The summed E-state index contributed by atoms with van der Waals surface area (Å²) in [6.07, 6.45) is 1.68. The number of carbonyl (C=O) groups excluding carboxylic acids is 1. The van der Waals surface area contributed by atoms with Gasteiger partial charge in [-0.05, 0) is 60.2 Å². The second-order valence-electron chi connectivity index (χ2n) is 7.45. The van der Waals surface area contributed by atoms with Crippen LogP contribution in [-0.2, 0) is 4.79 Å². The van der Waals surface area contributed by atoms with Gasteiger partial charge in [0.05, 0.1) is 24.4 Å². The van der Waals surface area contributed by atoms with Crippen LogP contribution in [0.1, 0.15) is 5.56 Å². The fourth-order valence-corrected chi connectivity index (χ4v) is 4.71. The molecule has 0 spiro atoms. The zero-order valence-corrected chi connectivity index (χ0v) is 20.9. The van der Waals surface area contributed by atoms with Crippen molar-refractivity contribution in [1.29, 1.82) is 5.26 Å². The van der Waals surface area contributed by atoms with E-state index in [0.29, 0.717) is 38.0 Å². The molecule has 180 valence electrons. The number of hydrogen-bond donors (Lipinski definition) is 1. The number of nitrogens with one attached hydrogen (secondary N) is 1. The molecule has 0 unspecified atom stereocenters. The van der Waals surface area contributed by atoms with E-state index in [1.807, 2.05) is 12.1 Å². The molecule has 4 rings (SSSR count). The van der Waals surface area contributed by atoms with Crippen molar-refractivity contribution in [1.82, 2.24) is 4.57 Å². The molecule has 4 aromatic rings. The van der Waals surface area contributed by atoms with Gasteiger partial charge in [0.2, 0.25) is 0 Å². The molecule has 1 heterocycles. The number of hydrogen-bond acceptors (Lipinski definition) is 6. The maximum atomic E-state index is 13.5. The monoisotopic (exact) mass is 517 g/mol. The van der Waals surface area contributed by atoms with Crippen molar-refractivity contribution < 1.29 is 14.3 Å². The number of benzene rings is 3. The normalized spacial score (nSPS) is 12.0. The standard InChI is InChI=1S/C27H20ClN3O4S/c1-34-22-13-8-17(14-23(22)35-2)15-24-26(33)31(20-6-4-3-5-7-20)27(36-24)21(16-29)25(32)30-19-11-9-18(28)10-12-19/h3-15H,1-2H3,(H,30,32). The number of nitriles is 1. The van der Waals surface area contributed by atoms with E-state index in [1.54, 1.807) is 79.9 Å². The molecule has 1 N–H and O–H groups in total. The summed E-state index contributed by atoms with van der Waals surface area (Å²) < 4.78 is 12.6. The van der Waals surface area contributed by atoms with Gasteiger partial charge in [-0.25, -0.2) is 0 Å². The lowest BCUT2D eigenvalue weighted by Crippen LogP contribution is -2.32. The van der Waals surface area contributed by atoms with Crippen LogP contribution in [-0.4, -0.2) is 24.7 Å². The molecule has 0 aliphatic heterocycles. The number of nitrogens with zero attached hydrogens (tertiary/aromatic N) is 2. The SMILES string of the molecule is COc1ccc(C=c2sc(=C(C#N)C(=O)Nc3ccc(Cl)cc3)n(-c3ccccc3)c2=O)cc1OC. The van der Waals surface area contributed by atoms with Crippen LogP contribution in [0.5, 0.6) is 11.5 Å². The first-order valence-corrected chi connectivity index (χ1v) is 11.9. The Balaban J connectivity index is 1.93. The van der Waals surface area contributed by atoms with E-state index in [-0.39, 0.29) is 15.8 Å². The zero-order chi connectivity index (χ0) is 25.7. The summed E-state index contributed by atoms with van der Waals surface area (Å²) in [5.41, 5.74) is 1.15. The third-order valence-corrected chi connectivity index (χ3v) is 6.54. The molecular weight excluding hydrogens is 498 g/mol. The van der Waals surface area contributed by atoms with E-state index >= 15 is 0 Å². The van der Waals surface area contributed by atoms with E-state index in [2.05, 4.69) is 5.32 Å². The number of halogens is 1. The minimum absolute atomic E-state index is 0.192. The van der Waals surface area contributed by atoms with Crippen LogP contribution in [0.25, 0.3) is 17.3 Å². The average Bonchev–Trinajstić information content (AvgIpc) is 3.21. The fourth-order valence-electron chi connectivity index (χ4n) is 3.48. The summed E-state index contributed by atoms with van der Waals surface area (Å²) in [5.74, 6) is 0.434. The molecule has 9 heteroatoms. The molecule has 0 saturated heterocycles. The van der Waals surface area contributed by atoms with Crippen molar-refractivity contribution in [3.05, 3.63) is 103 Å². The average molecular weight is 518 g/mol. The van der Waals surface area contributed by atoms with Crippen LogP contribution in [0, 0.1) is 11.3 Å². The highest BCUT2D eigenvalue weighted by Crippen LogP contribution is 2.27. The number of anilines is 1.